The summed E-state index contributed by atoms with van der Waals surface area (Å²) < 4.78 is 15.8. The number of methoxy groups -OCH3 is 2. The Balaban J connectivity index is 1.80. The third-order valence-electron chi connectivity index (χ3n) is 2.98. The molecule has 1 aromatic carbocycles. The molecule has 0 atom stereocenters. The summed E-state index contributed by atoms with van der Waals surface area (Å²) in [7, 11) is 3.16. The Labute approximate surface area is 148 Å². The largest absolute Gasteiger partial charge is 0.493 e. The molecule has 9 heteroatoms. The summed E-state index contributed by atoms with van der Waals surface area (Å²) in [6.45, 7) is 0.404. The van der Waals surface area contributed by atoms with Crippen LogP contribution in [-0.2, 0) is 17.1 Å². The van der Waals surface area contributed by atoms with Crippen LogP contribution >= 0.6 is 23.5 Å². The van der Waals surface area contributed by atoms with Gasteiger partial charge in [0.2, 0.25) is 11.8 Å². The quantitative estimate of drug-likeness (QED) is 0.674. The average Bonchev–Trinajstić information content (AvgIpc) is 3.05. The van der Waals surface area contributed by atoms with Gasteiger partial charge in [0.15, 0.2) is 11.5 Å². The van der Waals surface area contributed by atoms with E-state index in [1.54, 1.807) is 32.0 Å². The van der Waals surface area contributed by atoms with Gasteiger partial charge in [-0.25, -0.2) is 0 Å². The molecule has 130 valence electrons. The summed E-state index contributed by atoms with van der Waals surface area (Å²) in [5.41, 5.74) is 0.922. The number of amides is 1. The molecule has 0 aliphatic rings. The second-order valence-corrected chi connectivity index (χ2v) is 6.44. The van der Waals surface area contributed by atoms with Crippen molar-refractivity contribution in [1.29, 1.82) is 0 Å². The van der Waals surface area contributed by atoms with E-state index in [9.17, 15) is 4.79 Å². The third kappa shape index (κ3) is 5.34. The zero-order chi connectivity index (χ0) is 17.4. The van der Waals surface area contributed by atoms with Crippen molar-refractivity contribution in [3.63, 3.8) is 0 Å². The SMILES string of the molecule is COc1ccc(CNC(=O)CSc2nnc(CSC)o2)cc1OC. The number of carbonyl (C=O) groups excluding carboxylic acids is 1. The summed E-state index contributed by atoms with van der Waals surface area (Å²) in [5.74, 6) is 2.62. The van der Waals surface area contributed by atoms with Gasteiger partial charge in [-0.3, -0.25) is 4.79 Å². The molecule has 1 N–H and O–H groups in total. The van der Waals surface area contributed by atoms with E-state index in [0.717, 1.165) is 5.56 Å². The molecule has 1 heterocycles. The first-order valence-corrected chi connectivity index (χ1v) is 9.46. The van der Waals surface area contributed by atoms with E-state index >= 15 is 0 Å². The standard InChI is InChI=1S/C15H19N3O4S2/c1-20-11-5-4-10(6-12(11)21-2)7-16-13(19)8-24-15-18-17-14(22-15)9-23-3/h4-6H,7-9H2,1-3H3,(H,16,19). The number of carbonyl (C=O) groups is 1. The maximum atomic E-state index is 11.9. The molecule has 7 nitrogen and oxygen atoms in total. The summed E-state index contributed by atoms with van der Waals surface area (Å²) in [6.07, 6.45) is 1.96. The van der Waals surface area contributed by atoms with Crippen molar-refractivity contribution in [2.45, 2.75) is 17.5 Å². The van der Waals surface area contributed by atoms with Crippen molar-refractivity contribution in [1.82, 2.24) is 15.5 Å². The fourth-order valence-electron chi connectivity index (χ4n) is 1.85. The molecule has 0 unspecified atom stereocenters. The van der Waals surface area contributed by atoms with E-state index < -0.39 is 0 Å². The molecular formula is C15H19N3O4S2. The molecule has 2 rings (SSSR count). The molecule has 1 aromatic heterocycles. The average molecular weight is 369 g/mol. The molecule has 0 spiro atoms. The maximum absolute atomic E-state index is 11.9. The number of aromatic nitrogens is 2. The minimum Gasteiger partial charge on any atom is -0.493 e. The van der Waals surface area contributed by atoms with Crippen LogP contribution in [0.4, 0.5) is 0 Å². The van der Waals surface area contributed by atoms with E-state index in [4.69, 9.17) is 13.9 Å². The highest BCUT2D eigenvalue weighted by molar-refractivity contribution is 7.99. The maximum Gasteiger partial charge on any atom is 0.277 e. The van der Waals surface area contributed by atoms with Crippen molar-refractivity contribution < 1.29 is 18.7 Å². The monoisotopic (exact) mass is 369 g/mol. The molecule has 0 saturated carbocycles. The first-order chi connectivity index (χ1) is 11.7. The van der Waals surface area contributed by atoms with Crippen molar-refractivity contribution in [2.75, 3.05) is 26.2 Å². The number of nitrogens with zero attached hydrogens (tertiary/aromatic N) is 2. The van der Waals surface area contributed by atoms with Gasteiger partial charge in [0, 0.05) is 6.54 Å². The first-order valence-electron chi connectivity index (χ1n) is 7.08. The lowest BCUT2D eigenvalue weighted by atomic mass is 10.2. The number of nitrogens with one attached hydrogen (secondary N) is 1. The predicted molar refractivity (Wildman–Crippen MR) is 93.6 cm³/mol. The van der Waals surface area contributed by atoms with Crippen molar-refractivity contribution in [3.05, 3.63) is 29.7 Å². The smallest absolute Gasteiger partial charge is 0.277 e. The number of hydrogen-bond acceptors (Lipinski definition) is 8. The molecule has 1 amide bonds. The van der Waals surface area contributed by atoms with Gasteiger partial charge >= 0.3 is 0 Å². The lowest BCUT2D eigenvalue weighted by molar-refractivity contribution is -0.118. The molecule has 0 saturated heterocycles. The van der Waals surface area contributed by atoms with Gasteiger partial charge in [0.25, 0.3) is 5.22 Å². The van der Waals surface area contributed by atoms with Crippen LogP contribution in [0.25, 0.3) is 0 Å². The van der Waals surface area contributed by atoms with Crippen LogP contribution in [0.3, 0.4) is 0 Å². The second-order valence-electron chi connectivity index (χ2n) is 4.65. The van der Waals surface area contributed by atoms with Gasteiger partial charge in [-0.05, 0) is 24.0 Å². The van der Waals surface area contributed by atoms with Crippen LogP contribution in [0.5, 0.6) is 11.5 Å². The lowest BCUT2D eigenvalue weighted by Crippen LogP contribution is -2.24. The lowest BCUT2D eigenvalue weighted by Gasteiger charge is -2.10. The van der Waals surface area contributed by atoms with Gasteiger partial charge in [-0.1, -0.05) is 17.8 Å². The molecule has 0 aliphatic carbocycles. The number of rotatable bonds is 9. The molecule has 0 fully saturated rings. The molecule has 0 radical (unpaired) electrons. The fraction of sp³-hybridized carbons (Fsp3) is 0.400. The van der Waals surface area contributed by atoms with Crippen LogP contribution in [0.2, 0.25) is 0 Å². The van der Waals surface area contributed by atoms with E-state index in [0.29, 0.717) is 34.9 Å². The van der Waals surface area contributed by atoms with E-state index in [1.807, 2.05) is 18.4 Å². The normalized spacial score (nSPS) is 10.5. The number of ether oxygens (including phenoxy) is 2. The third-order valence-corrected chi connectivity index (χ3v) is 4.33. The molecular weight excluding hydrogens is 350 g/mol. The highest BCUT2D eigenvalue weighted by atomic mass is 32.2. The van der Waals surface area contributed by atoms with Crippen LogP contribution in [0.1, 0.15) is 11.5 Å². The minimum atomic E-state index is -0.112. The van der Waals surface area contributed by atoms with E-state index in [-0.39, 0.29) is 11.7 Å². The highest BCUT2D eigenvalue weighted by Gasteiger charge is 2.10. The molecule has 0 bridgehead atoms. The van der Waals surface area contributed by atoms with E-state index in [2.05, 4.69) is 15.5 Å². The summed E-state index contributed by atoms with van der Waals surface area (Å²) >= 11 is 2.82. The first kappa shape index (κ1) is 18.5. The molecule has 2 aromatic rings. The predicted octanol–water partition coefficient (Wildman–Crippen LogP) is 2.36. The van der Waals surface area contributed by atoms with Crippen molar-refractivity contribution >= 4 is 29.4 Å². The number of hydrogen-bond donors (Lipinski definition) is 1. The van der Waals surface area contributed by atoms with Gasteiger partial charge in [-0.15, -0.1) is 10.2 Å². The number of benzene rings is 1. The fourth-order valence-corrected chi connectivity index (χ4v) is 2.82. The van der Waals surface area contributed by atoms with Crippen LogP contribution < -0.4 is 14.8 Å². The summed E-state index contributed by atoms with van der Waals surface area (Å²) in [4.78, 5) is 11.9. The van der Waals surface area contributed by atoms with Gasteiger partial charge in [-0.2, -0.15) is 11.8 Å². The Bertz CT molecular complexity index is 678. The van der Waals surface area contributed by atoms with Gasteiger partial charge in [0.1, 0.15) is 0 Å². The minimum absolute atomic E-state index is 0.112. The van der Waals surface area contributed by atoms with Gasteiger partial charge < -0.3 is 19.2 Å². The van der Waals surface area contributed by atoms with Crippen LogP contribution in [-0.4, -0.2) is 42.3 Å². The highest BCUT2D eigenvalue weighted by Crippen LogP contribution is 2.27. The zero-order valence-electron chi connectivity index (χ0n) is 13.7. The Morgan fingerprint density at radius 2 is 2.04 bits per heavy atom. The number of thioether (sulfide) groups is 2. The van der Waals surface area contributed by atoms with Crippen LogP contribution in [0, 0.1) is 0 Å². The Morgan fingerprint density at radius 3 is 2.75 bits per heavy atom. The molecule has 24 heavy (non-hydrogen) atoms. The Kier molecular flexibility index (Phi) is 7.26. The topological polar surface area (TPSA) is 86.5 Å². The van der Waals surface area contributed by atoms with Crippen molar-refractivity contribution in [2.24, 2.45) is 0 Å². The van der Waals surface area contributed by atoms with Crippen LogP contribution in [0.15, 0.2) is 27.8 Å². The van der Waals surface area contributed by atoms with Crippen molar-refractivity contribution in [3.8, 4) is 11.5 Å². The summed E-state index contributed by atoms with van der Waals surface area (Å²) in [5, 5.41) is 11.0. The summed E-state index contributed by atoms with van der Waals surface area (Å²) in [6, 6.07) is 5.52. The second kappa shape index (κ2) is 9.43. The Hall–Kier alpha value is -1.87. The zero-order valence-corrected chi connectivity index (χ0v) is 15.3. The van der Waals surface area contributed by atoms with Gasteiger partial charge in [0.05, 0.1) is 25.7 Å². The van der Waals surface area contributed by atoms with E-state index in [1.165, 1.54) is 11.8 Å². The molecule has 0 aliphatic heterocycles. The Morgan fingerprint density at radius 1 is 1.25 bits per heavy atom.